The fourth-order valence-electron chi connectivity index (χ4n) is 5.12. The van der Waals surface area contributed by atoms with Crippen molar-refractivity contribution < 1.29 is 13.7 Å². The van der Waals surface area contributed by atoms with Crippen LogP contribution in [0.1, 0.15) is 27.7 Å². The van der Waals surface area contributed by atoms with Gasteiger partial charge in [-0.25, -0.2) is 4.98 Å². The summed E-state index contributed by atoms with van der Waals surface area (Å²) in [6.07, 6.45) is 0. The van der Waals surface area contributed by atoms with E-state index in [1.54, 1.807) is 0 Å². The molecule has 0 spiro atoms. The highest BCUT2D eigenvalue weighted by molar-refractivity contribution is 6.62. The van der Waals surface area contributed by atoms with Crippen molar-refractivity contribution in [3.8, 4) is 17.1 Å². The van der Waals surface area contributed by atoms with Crippen molar-refractivity contribution in [1.29, 1.82) is 0 Å². The summed E-state index contributed by atoms with van der Waals surface area (Å²) in [6, 6.07) is 31.1. The SMILES string of the molecule is CC1(C)OB(c2ccc3oc4ccc(-n5c(-c6ccccc6)nc6ccccc65)cc4c3c2)OC1(C)C. The summed E-state index contributed by atoms with van der Waals surface area (Å²) < 4.78 is 21.1. The van der Waals surface area contributed by atoms with Crippen molar-refractivity contribution in [2.45, 2.75) is 38.9 Å². The average Bonchev–Trinajstić information content (AvgIpc) is 3.52. The third-order valence-electron chi connectivity index (χ3n) is 7.85. The molecule has 0 amide bonds. The fraction of sp³-hybridized carbons (Fsp3) is 0.194. The highest BCUT2D eigenvalue weighted by atomic mass is 16.7. The first-order valence-corrected chi connectivity index (χ1v) is 12.7. The predicted octanol–water partition coefficient (Wildman–Crippen LogP) is 6.89. The number of furan rings is 1. The van der Waals surface area contributed by atoms with E-state index in [0.29, 0.717) is 0 Å². The lowest BCUT2D eigenvalue weighted by atomic mass is 9.78. The summed E-state index contributed by atoms with van der Waals surface area (Å²) in [5.41, 5.74) is 6.00. The first kappa shape index (κ1) is 22.3. The molecule has 1 saturated heterocycles. The predicted molar refractivity (Wildman–Crippen MR) is 149 cm³/mol. The monoisotopic (exact) mass is 486 g/mol. The molecular formula is C31H27BN2O3. The number of hydrogen-bond donors (Lipinski definition) is 0. The molecule has 5 nitrogen and oxygen atoms in total. The smallest absolute Gasteiger partial charge is 0.456 e. The standard InChI is InChI=1S/C31H27BN2O3/c1-30(2)31(3,4)37-32(36-30)21-14-16-27-23(18-21)24-19-22(15-17-28(24)35-27)34-26-13-9-8-12-25(26)33-29(34)20-10-6-5-7-11-20/h5-19H,1-4H3. The minimum absolute atomic E-state index is 0.394. The quantitative estimate of drug-likeness (QED) is 0.256. The Hall–Kier alpha value is -3.87. The Bertz CT molecular complexity index is 1780. The van der Waals surface area contributed by atoms with E-state index in [1.807, 2.05) is 42.5 Å². The number of hydrogen-bond acceptors (Lipinski definition) is 4. The van der Waals surface area contributed by atoms with Crippen LogP contribution in [0.5, 0.6) is 0 Å². The zero-order valence-electron chi connectivity index (χ0n) is 21.4. The molecule has 3 heterocycles. The Morgan fingerprint density at radius 3 is 2.11 bits per heavy atom. The number of benzene rings is 4. The Kier molecular flexibility index (Phi) is 4.72. The van der Waals surface area contributed by atoms with E-state index in [-0.39, 0.29) is 0 Å². The summed E-state index contributed by atoms with van der Waals surface area (Å²) in [5, 5.41) is 2.08. The maximum Gasteiger partial charge on any atom is 0.494 e. The molecule has 6 heteroatoms. The third-order valence-corrected chi connectivity index (χ3v) is 7.85. The molecule has 0 unspecified atom stereocenters. The van der Waals surface area contributed by atoms with Crippen LogP contribution in [0.3, 0.4) is 0 Å². The normalized spacial score (nSPS) is 16.8. The summed E-state index contributed by atoms with van der Waals surface area (Å²) >= 11 is 0. The van der Waals surface area contributed by atoms with Crippen molar-refractivity contribution in [1.82, 2.24) is 9.55 Å². The van der Waals surface area contributed by atoms with Gasteiger partial charge in [0.2, 0.25) is 0 Å². The van der Waals surface area contributed by atoms with Gasteiger partial charge in [0.05, 0.1) is 22.2 Å². The number of rotatable bonds is 3. The van der Waals surface area contributed by atoms with Gasteiger partial charge in [0, 0.05) is 22.0 Å². The van der Waals surface area contributed by atoms with Gasteiger partial charge in [0.15, 0.2) is 0 Å². The van der Waals surface area contributed by atoms with Gasteiger partial charge in [-0.1, -0.05) is 54.6 Å². The Balaban J connectivity index is 1.40. The van der Waals surface area contributed by atoms with Crippen LogP contribution in [-0.4, -0.2) is 27.9 Å². The molecule has 37 heavy (non-hydrogen) atoms. The molecule has 0 saturated carbocycles. The van der Waals surface area contributed by atoms with E-state index in [0.717, 1.165) is 55.5 Å². The fourth-order valence-corrected chi connectivity index (χ4v) is 5.12. The average molecular weight is 486 g/mol. The summed E-state index contributed by atoms with van der Waals surface area (Å²) in [5.74, 6) is 0.909. The van der Waals surface area contributed by atoms with Crippen molar-refractivity contribution >= 4 is 45.6 Å². The number of aromatic nitrogens is 2. The molecule has 7 rings (SSSR count). The van der Waals surface area contributed by atoms with Gasteiger partial charge in [0.1, 0.15) is 17.0 Å². The molecule has 0 radical (unpaired) electrons. The van der Waals surface area contributed by atoms with E-state index in [1.165, 1.54) is 0 Å². The van der Waals surface area contributed by atoms with E-state index >= 15 is 0 Å². The molecular weight excluding hydrogens is 459 g/mol. The lowest BCUT2D eigenvalue weighted by molar-refractivity contribution is 0.00578. The largest absolute Gasteiger partial charge is 0.494 e. The van der Waals surface area contributed by atoms with Crippen molar-refractivity contribution in [2.24, 2.45) is 0 Å². The van der Waals surface area contributed by atoms with Gasteiger partial charge < -0.3 is 13.7 Å². The van der Waals surface area contributed by atoms with Crippen molar-refractivity contribution in [2.75, 3.05) is 0 Å². The van der Waals surface area contributed by atoms with Crippen LogP contribution >= 0.6 is 0 Å². The summed E-state index contributed by atoms with van der Waals surface area (Å²) in [4.78, 5) is 4.99. The molecule has 0 atom stereocenters. The number of imidazole rings is 1. The maximum atomic E-state index is 6.32. The van der Waals surface area contributed by atoms with Crippen LogP contribution in [0.4, 0.5) is 0 Å². The zero-order chi connectivity index (χ0) is 25.4. The highest BCUT2D eigenvalue weighted by Gasteiger charge is 2.51. The Labute approximate surface area is 215 Å². The molecule has 6 aromatic rings. The van der Waals surface area contributed by atoms with Crippen molar-refractivity contribution in [3.63, 3.8) is 0 Å². The van der Waals surface area contributed by atoms with Gasteiger partial charge in [0.25, 0.3) is 0 Å². The number of fused-ring (bicyclic) bond motifs is 4. The summed E-state index contributed by atoms with van der Waals surface area (Å²) in [7, 11) is -0.426. The Morgan fingerprint density at radius 1 is 0.703 bits per heavy atom. The van der Waals surface area contributed by atoms with Crippen LogP contribution in [0.15, 0.2) is 95.4 Å². The molecule has 182 valence electrons. The van der Waals surface area contributed by atoms with Gasteiger partial charge in [-0.3, -0.25) is 4.57 Å². The minimum Gasteiger partial charge on any atom is -0.456 e. The third kappa shape index (κ3) is 3.44. The second kappa shape index (κ2) is 7.82. The highest BCUT2D eigenvalue weighted by Crippen LogP contribution is 2.38. The lowest BCUT2D eigenvalue weighted by Crippen LogP contribution is -2.41. The molecule has 0 aliphatic carbocycles. The van der Waals surface area contributed by atoms with E-state index in [2.05, 4.69) is 80.8 Å². The van der Waals surface area contributed by atoms with E-state index in [9.17, 15) is 0 Å². The topological polar surface area (TPSA) is 49.4 Å². The Morgan fingerprint density at radius 2 is 1.35 bits per heavy atom. The van der Waals surface area contributed by atoms with E-state index < -0.39 is 18.3 Å². The first-order valence-electron chi connectivity index (χ1n) is 12.7. The van der Waals surface area contributed by atoms with Gasteiger partial charge >= 0.3 is 7.12 Å². The molecule has 0 bridgehead atoms. The zero-order valence-corrected chi connectivity index (χ0v) is 21.4. The first-order chi connectivity index (χ1) is 17.8. The van der Waals surface area contributed by atoms with Crippen LogP contribution in [-0.2, 0) is 9.31 Å². The van der Waals surface area contributed by atoms with Crippen molar-refractivity contribution in [3.05, 3.63) is 91.0 Å². The summed E-state index contributed by atoms with van der Waals surface area (Å²) in [6.45, 7) is 8.30. The van der Waals surface area contributed by atoms with Crippen LogP contribution in [0.25, 0.3) is 50.0 Å². The number of nitrogens with zero attached hydrogens (tertiary/aromatic N) is 2. The second-order valence-electron chi connectivity index (χ2n) is 10.8. The molecule has 1 fully saturated rings. The molecule has 4 aromatic carbocycles. The second-order valence-corrected chi connectivity index (χ2v) is 10.8. The van der Waals surface area contributed by atoms with Gasteiger partial charge in [-0.2, -0.15) is 0 Å². The van der Waals surface area contributed by atoms with E-state index in [4.69, 9.17) is 18.7 Å². The minimum atomic E-state index is -0.426. The molecule has 1 aliphatic rings. The molecule has 2 aromatic heterocycles. The van der Waals surface area contributed by atoms with Crippen LogP contribution in [0.2, 0.25) is 0 Å². The molecule has 0 N–H and O–H groups in total. The lowest BCUT2D eigenvalue weighted by Gasteiger charge is -2.32. The van der Waals surface area contributed by atoms with Gasteiger partial charge in [-0.15, -0.1) is 0 Å². The molecule has 1 aliphatic heterocycles. The maximum absolute atomic E-state index is 6.32. The number of para-hydroxylation sites is 2. The van der Waals surface area contributed by atoms with Crippen LogP contribution < -0.4 is 5.46 Å². The van der Waals surface area contributed by atoms with Gasteiger partial charge in [-0.05, 0) is 69.6 Å². The van der Waals surface area contributed by atoms with Crippen LogP contribution in [0, 0.1) is 0 Å².